The fourth-order valence-electron chi connectivity index (χ4n) is 3.83. The molecule has 2 atom stereocenters. The normalized spacial score (nSPS) is 27.4. The quantitative estimate of drug-likeness (QED) is 0.702. The van der Waals surface area contributed by atoms with Crippen molar-refractivity contribution < 1.29 is 0 Å². The summed E-state index contributed by atoms with van der Waals surface area (Å²) in [5.41, 5.74) is 0.514. The summed E-state index contributed by atoms with van der Waals surface area (Å²) >= 11 is 0. The molecule has 0 aliphatic heterocycles. The molecule has 1 N–H and O–H groups in total. The van der Waals surface area contributed by atoms with E-state index in [0.29, 0.717) is 5.41 Å². The largest absolute Gasteiger partial charge is 0.316 e. The second-order valence-corrected chi connectivity index (χ2v) is 7.38. The highest BCUT2D eigenvalue weighted by Crippen LogP contribution is 2.39. The molecule has 0 saturated heterocycles. The van der Waals surface area contributed by atoms with Crippen LogP contribution in [0.5, 0.6) is 0 Å². The average Bonchev–Trinajstić information content (AvgIpc) is 2.36. The number of hydrogen-bond acceptors (Lipinski definition) is 3. The van der Waals surface area contributed by atoms with Gasteiger partial charge in [-0.05, 0) is 71.4 Å². The van der Waals surface area contributed by atoms with Gasteiger partial charge < -0.3 is 15.1 Å². The first-order valence-electron chi connectivity index (χ1n) is 8.51. The molecule has 0 spiro atoms. The third-order valence-corrected chi connectivity index (χ3v) is 4.69. The minimum atomic E-state index is 0.514. The van der Waals surface area contributed by atoms with Gasteiger partial charge in [0.1, 0.15) is 0 Å². The molecule has 0 radical (unpaired) electrons. The Kier molecular flexibility index (Phi) is 8.08. The highest BCUT2D eigenvalue weighted by atomic mass is 15.1. The van der Waals surface area contributed by atoms with Gasteiger partial charge >= 0.3 is 0 Å². The molecule has 3 nitrogen and oxygen atoms in total. The van der Waals surface area contributed by atoms with E-state index in [9.17, 15) is 0 Å². The van der Waals surface area contributed by atoms with E-state index < -0.39 is 0 Å². The number of hydrogen-bond donors (Lipinski definition) is 1. The van der Waals surface area contributed by atoms with Crippen molar-refractivity contribution in [3.8, 4) is 0 Å². The van der Waals surface area contributed by atoms with Crippen LogP contribution in [0.1, 0.15) is 46.0 Å². The molecule has 1 fully saturated rings. The molecular weight excluding hydrogens is 246 g/mol. The van der Waals surface area contributed by atoms with Crippen LogP contribution >= 0.6 is 0 Å². The van der Waals surface area contributed by atoms with Crippen molar-refractivity contribution >= 4 is 0 Å². The highest BCUT2D eigenvalue weighted by molar-refractivity contribution is 4.89. The molecule has 0 aromatic rings. The van der Waals surface area contributed by atoms with Gasteiger partial charge in [-0.25, -0.2) is 0 Å². The van der Waals surface area contributed by atoms with Gasteiger partial charge in [0.05, 0.1) is 0 Å². The Labute approximate surface area is 127 Å². The summed E-state index contributed by atoms with van der Waals surface area (Å²) in [6.07, 6.45) is 6.92. The van der Waals surface area contributed by atoms with Crippen molar-refractivity contribution in [3.63, 3.8) is 0 Å². The molecule has 3 heteroatoms. The third-order valence-electron chi connectivity index (χ3n) is 4.69. The van der Waals surface area contributed by atoms with Gasteiger partial charge in [-0.15, -0.1) is 0 Å². The Hall–Kier alpha value is -0.120. The van der Waals surface area contributed by atoms with E-state index in [1.807, 2.05) is 0 Å². The van der Waals surface area contributed by atoms with E-state index >= 15 is 0 Å². The predicted molar refractivity (Wildman–Crippen MR) is 89.3 cm³/mol. The van der Waals surface area contributed by atoms with Crippen LogP contribution < -0.4 is 5.32 Å². The zero-order chi connectivity index (χ0) is 15.0. The van der Waals surface area contributed by atoms with E-state index in [0.717, 1.165) is 12.5 Å². The van der Waals surface area contributed by atoms with E-state index in [-0.39, 0.29) is 0 Å². The summed E-state index contributed by atoms with van der Waals surface area (Å²) in [7, 11) is 6.63. The standard InChI is InChI=1S/C17H37N3/c1-6-18-14-17(10-7-9-16(2)13-17)15-20(5)12-8-11-19(3)4/h16,18H,6-15H2,1-5H3. The van der Waals surface area contributed by atoms with Gasteiger partial charge in [-0.2, -0.15) is 0 Å². The molecular formula is C17H37N3. The van der Waals surface area contributed by atoms with Crippen LogP contribution in [0, 0.1) is 11.3 Å². The fourth-order valence-corrected chi connectivity index (χ4v) is 3.83. The molecule has 120 valence electrons. The molecule has 0 aromatic heterocycles. The van der Waals surface area contributed by atoms with Crippen molar-refractivity contribution in [3.05, 3.63) is 0 Å². The summed E-state index contributed by atoms with van der Waals surface area (Å²) in [4.78, 5) is 4.85. The van der Waals surface area contributed by atoms with Crippen LogP contribution in [0.25, 0.3) is 0 Å². The van der Waals surface area contributed by atoms with Crippen molar-refractivity contribution in [1.29, 1.82) is 0 Å². The lowest BCUT2D eigenvalue weighted by molar-refractivity contribution is 0.0910. The summed E-state index contributed by atoms with van der Waals surface area (Å²) < 4.78 is 0. The van der Waals surface area contributed by atoms with Crippen LogP contribution in [0.15, 0.2) is 0 Å². The minimum absolute atomic E-state index is 0.514. The van der Waals surface area contributed by atoms with Crippen molar-refractivity contribution in [1.82, 2.24) is 15.1 Å². The second-order valence-electron chi connectivity index (χ2n) is 7.38. The molecule has 0 amide bonds. The van der Waals surface area contributed by atoms with Gasteiger partial charge in [0.25, 0.3) is 0 Å². The molecule has 0 heterocycles. The molecule has 0 bridgehead atoms. The number of nitrogens with one attached hydrogen (secondary N) is 1. The summed E-state index contributed by atoms with van der Waals surface area (Å²) in [6.45, 7) is 10.6. The monoisotopic (exact) mass is 283 g/mol. The molecule has 0 aromatic carbocycles. The van der Waals surface area contributed by atoms with Crippen LogP contribution in [-0.2, 0) is 0 Å². The van der Waals surface area contributed by atoms with Crippen molar-refractivity contribution in [2.24, 2.45) is 11.3 Å². The van der Waals surface area contributed by atoms with Gasteiger partial charge in [0.15, 0.2) is 0 Å². The van der Waals surface area contributed by atoms with Crippen LogP contribution in [0.3, 0.4) is 0 Å². The average molecular weight is 284 g/mol. The van der Waals surface area contributed by atoms with Gasteiger partial charge in [0, 0.05) is 13.1 Å². The Morgan fingerprint density at radius 2 is 1.95 bits per heavy atom. The summed E-state index contributed by atoms with van der Waals surface area (Å²) in [5, 5.41) is 3.62. The molecule has 20 heavy (non-hydrogen) atoms. The van der Waals surface area contributed by atoms with E-state index in [4.69, 9.17) is 0 Å². The van der Waals surface area contributed by atoms with Crippen molar-refractivity contribution in [2.75, 3.05) is 53.9 Å². The Morgan fingerprint density at radius 3 is 2.55 bits per heavy atom. The number of rotatable bonds is 9. The van der Waals surface area contributed by atoms with E-state index in [2.05, 4.69) is 50.1 Å². The Bertz CT molecular complexity index is 255. The Morgan fingerprint density at radius 1 is 1.20 bits per heavy atom. The smallest absolute Gasteiger partial charge is 0.00472 e. The second kappa shape index (κ2) is 9.01. The number of nitrogens with zero attached hydrogens (tertiary/aromatic N) is 2. The minimum Gasteiger partial charge on any atom is -0.316 e. The molecule has 1 rings (SSSR count). The highest BCUT2D eigenvalue weighted by Gasteiger charge is 2.35. The van der Waals surface area contributed by atoms with E-state index in [1.165, 1.54) is 58.3 Å². The maximum Gasteiger partial charge on any atom is 0.00472 e. The van der Waals surface area contributed by atoms with E-state index in [1.54, 1.807) is 0 Å². The molecule has 1 aliphatic carbocycles. The predicted octanol–water partition coefficient (Wildman–Crippen LogP) is 2.68. The first kappa shape index (κ1) is 17.9. The lowest BCUT2D eigenvalue weighted by Gasteiger charge is -2.43. The first-order chi connectivity index (χ1) is 9.47. The maximum absolute atomic E-state index is 3.62. The third kappa shape index (κ3) is 6.55. The van der Waals surface area contributed by atoms with Gasteiger partial charge in [-0.3, -0.25) is 0 Å². The zero-order valence-electron chi connectivity index (χ0n) is 14.5. The summed E-state index contributed by atoms with van der Waals surface area (Å²) in [5.74, 6) is 0.901. The zero-order valence-corrected chi connectivity index (χ0v) is 14.5. The maximum atomic E-state index is 3.62. The SMILES string of the molecule is CCNCC1(CN(C)CCCN(C)C)CCCC(C)C1. The molecule has 2 unspecified atom stereocenters. The van der Waals surface area contributed by atoms with Crippen molar-refractivity contribution in [2.45, 2.75) is 46.0 Å². The summed E-state index contributed by atoms with van der Waals surface area (Å²) in [6, 6.07) is 0. The van der Waals surface area contributed by atoms with Crippen LogP contribution in [0.4, 0.5) is 0 Å². The van der Waals surface area contributed by atoms with Gasteiger partial charge in [0.2, 0.25) is 0 Å². The van der Waals surface area contributed by atoms with Crippen LogP contribution in [0.2, 0.25) is 0 Å². The molecule has 1 aliphatic rings. The molecule has 1 saturated carbocycles. The lowest BCUT2D eigenvalue weighted by Crippen LogP contribution is -2.46. The van der Waals surface area contributed by atoms with Gasteiger partial charge in [-0.1, -0.05) is 26.7 Å². The topological polar surface area (TPSA) is 18.5 Å². The fraction of sp³-hybridized carbons (Fsp3) is 1.00. The first-order valence-corrected chi connectivity index (χ1v) is 8.51. The Balaban J connectivity index is 2.46. The van der Waals surface area contributed by atoms with Crippen LogP contribution in [-0.4, -0.2) is 63.7 Å². The lowest BCUT2D eigenvalue weighted by atomic mass is 9.69.